The third-order valence-corrected chi connectivity index (χ3v) is 4.50. The molecule has 3 aromatic rings. The highest BCUT2D eigenvalue weighted by Crippen LogP contribution is 2.49. The number of halogens is 3. The number of hydrogen-bond acceptors (Lipinski definition) is 3. The maximum atomic E-state index is 13.9. The fourth-order valence-corrected chi connectivity index (χ4v) is 2.84. The Kier molecular flexibility index (Phi) is 3.79. The van der Waals surface area contributed by atoms with Crippen LogP contribution in [0.5, 0.6) is 0 Å². The molecule has 0 saturated heterocycles. The van der Waals surface area contributed by atoms with Crippen molar-refractivity contribution in [2.45, 2.75) is 18.3 Å². The Morgan fingerprint density at radius 3 is 2.46 bits per heavy atom. The fraction of sp³-hybridized carbons (Fsp3) is 0.158. The summed E-state index contributed by atoms with van der Waals surface area (Å²) in [5, 5.41) is 6.50. The molecule has 0 unspecified atom stereocenters. The van der Waals surface area contributed by atoms with Crippen LogP contribution in [0.4, 0.5) is 18.9 Å². The zero-order valence-electron chi connectivity index (χ0n) is 13.4. The molecule has 1 fully saturated rings. The van der Waals surface area contributed by atoms with Gasteiger partial charge in [-0.1, -0.05) is 17.3 Å². The molecule has 0 bridgehead atoms. The first kappa shape index (κ1) is 16.4. The number of hydrogen-bond donors (Lipinski definition) is 1. The van der Waals surface area contributed by atoms with E-state index in [2.05, 4.69) is 10.5 Å². The summed E-state index contributed by atoms with van der Waals surface area (Å²) in [6.45, 7) is 0. The minimum absolute atomic E-state index is 0.151. The van der Waals surface area contributed by atoms with Crippen LogP contribution in [0.15, 0.2) is 53.1 Å². The topological polar surface area (TPSA) is 55.1 Å². The van der Waals surface area contributed by atoms with Crippen molar-refractivity contribution in [1.29, 1.82) is 0 Å². The Hall–Kier alpha value is -3.09. The summed E-state index contributed by atoms with van der Waals surface area (Å²) in [6.07, 6.45) is 1.07. The Bertz CT molecular complexity index is 996. The van der Waals surface area contributed by atoms with E-state index in [0.29, 0.717) is 18.5 Å². The molecule has 7 heteroatoms. The van der Waals surface area contributed by atoms with Crippen molar-refractivity contribution in [3.05, 3.63) is 71.7 Å². The third-order valence-electron chi connectivity index (χ3n) is 4.50. The number of aromatic nitrogens is 1. The molecule has 0 radical (unpaired) electrons. The fourth-order valence-electron chi connectivity index (χ4n) is 2.84. The highest BCUT2D eigenvalue weighted by atomic mass is 19.2. The summed E-state index contributed by atoms with van der Waals surface area (Å²) >= 11 is 0. The molecular weight excluding hydrogens is 345 g/mol. The first-order valence-electron chi connectivity index (χ1n) is 7.98. The van der Waals surface area contributed by atoms with Gasteiger partial charge in [0.1, 0.15) is 5.82 Å². The van der Waals surface area contributed by atoms with Crippen LogP contribution in [-0.2, 0) is 10.2 Å². The van der Waals surface area contributed by atoms with Crippen molar-refractivity contribution < 1.29 is 22.5 Å². The van der Waals surface area contributed by atoms with Crippen molar-refractivity contribution in [2.24, 2.45) is 0 Å². The first-order valence-corrected chi connectivity index (χ1v) is 7.98. The van der Waals surface area contributed by atoms with E-state index in [1.54, 1.807) is 18.2 Å². The zero-order valence-corrected chi connectivity index (χ0v) is 13.4. The number of amides is 1. The molecule has 1 amide bonds. The van der Waals surface area contributed by atoms with Crippen LogP contribution in [-0.4, -0.2) is 11.1 Å². The van der Waals surface area contributed by atoms with Gasteiger partial charge in [0.25, 0.3) is 0 Å². The van der Waals surface area contributed by atoms with Crippen LogP contribution < -0.4 is 5.32 Å². The summed E-state index contributed by atoms with van der Waals surface area (Å²) in [5.74, 6) is -2.65. The van der Waals surface area contributed by atoms with E-state index < -0.39 is 28.8 Å². The van der Waals surface area contributed by atoms with Gasteiger partial charge in [0.2, 0.25) is 5.91 Å². The zero-order chi connectivity index (χ0) is 18.3. The summed E-state index contributed by atoms with van der Waals surface area (Å²) < 4.78 is 45.4. The van der Waals surface area contributed by atoms with E-state index in [9.17, 15) is 18.0 Å². The number of anilines is 1. The average molecular weight is 358 g/mol. The number of carbonyl (C=O) groups excluding carboxylic acids is 1. The molecule has 1 aromatic heterocycles. The molecule has 0 aliphatic heterocycles. The van der Waals surface area contributed by atoms with Crippen molar-refractivity contribution in [3.8, 4) is 11.3 Å². The molecule has 4 nitrogen and oxygen atoms in total. The van der Waals surface area contributed by atoms with Gasteiger partial charge in [-0.05, 0) is 37.1 Å². The quantitative estimate of drug-likeness (QED) is 0.751. The van der Waals surface area contributed by atoms with Crippen molar-refractivity contribution in [1.82, 2.24) is 5.16 Å². The largest absolute Gasteiger partial charge is 0.356 e. The van der Waals surface area contributed by atoms with Gasteiger partial charge in [-0.3, -0.25) is 4.79 Å². The summed E-state index contributed by atoms with van der Waals surface area (Å²) in [6, 6.07) is 10.8. The highest BCUT2D eigenvalue weighted by Gasteiger charge is 2.54. The monoisotopic (exact) mass is 358 g/mol. The summed E-state index contributed by atoms with van der Waals surface area (Å²) in [5.41, 5.74) is -0.116. The number of carbonyl (C=O) groups is 1. The molecule has 1 saturated carbocycles. The van der Waals surface area contributed by atoms with E-state index in [0.717, 1.165) is 12.1 Å². The summed E-state index contributed by atoms with van der Waals surface area (Å²) in [4.78, 5) is 12.6. The van der Waals surface area contributed by atoms with Gasteiger partial charge in [0.05, 0.1) is 16.7 Å². The minimum Gasteiger partial charge on any atom is -0.356 e. The second-order valence-corrected chi connectivity index (χ2v) is 6.22. The Labute approximate surface area is 146 Å². The second-order valence-electron chi connectivity index (χ2n) is 6.22. The minimum atomic E-state index is -1.05. The molecule has 4 rings (SSSR count). The molecule has 1 N–H and O–H groups in total. The van der Waals surface area contributed by atoms with Crippen LogP contribution in [0, 0.1) is 17.5 Å². The second kappa shape index (κ2) is 6.01. The maximum absolute atomic E-state index is 13.9. The van der Waals surface area contributed by atoms with Gasteiger partial charge in [0, 0.05) is 17.8 Å². The van der Waals surface area contributed by atoms with Crippen LogP contribution in [0.2, 0.25) is 0 Å². The number of nitrogens with zero attached hydrogens (tertiary/aromatic N) is 1. The Morgan fingerprint density at radius 2 is 1.77 bits per heavy atom. The molecule has 132 valence electrons. The number of nitrogens with one attached hydrogen (secondary N) is 1. The average Bonchev–Trinajstić information content (AvgIpc) is 3.30. The molecule has 1 aliphatic carbocycles. The van der Waals surface area contributed by atoms with Gasteiger partial charge >= 0.3 is 0 Å². The van der Waals surface area contributed by atoms with Crippen LogP contribution >= 0.6 is 0 Å². The first-order chi connectivity index (χ1) is 12.5. The van der Waals surface area contributed by atoms with Crippen LogP contribution in [0.25, 0.3) is 11.3 Å². The lowest BCUT2D eigenvalue weighted by atomic mass is 10.00. The highest BCUT2D eigenvalue weighted by molar-refractivity contribution is 6.01. The Balaban J connectivity index is 1.58. The van der Waals surface area contributed by atoms with Crippen molar-refractivity contribution in [3.63, 3.8) is 0 Å². The molecule has 0 atom stereocenters. The van der Waals surface area contributed by atoms with Gasteiger partial charge < -0.3 is 9.84 Å². The third kappa shape index (κ3) is 2.75. The van der Waals surface area contributed by atoms with Gasteiger partial charge in [-0.25, -0.2) is 13.2 Å². The maximum Gasteiger partial charge on any atom is 0.236 e. The van der Waals surface area contributed by atoms with Crippen molar-refractivity contribution in [2.75, 3.05) is 5.32 Å². The normalized spacial score (nSPS) is 14.9. The van der Waals surface area contributed by atoms with Gasteiger partial charge in [-0.15, -0.1) is 0 Å². The lowest BCUT2D eigenvalue weighted by Crippen LogP contribution is -2.28. The lowest BCUT2D eigenvalue weighted by Gasteiger charge is -2.12. The predicted octanol–water partition coefficient (Wildman–Crippen LogP) is 4.43. The van der Waals surface area contributed by atoms with E-state index >= 15 is 0 Å². The molecule has 1 heterocycles. The van der Waals surface area contributed by atoms with Crippen molar-refractivity contribution >= 4 is 11.6 Å². The van der Waals surface area contributed by atoms with Gasteiger partial charge in [-0.2, -0.15) is 0 Å². The number of benzene rings is 2. The predicted molar refractivity (Wildman–Crippen MR) is 87.8 cm³/mol. The molecule has 26 heavy (non-hydrogen) atoms. The molecule has 1 aliphatic rings. The van der Waals surface area contributed by atoms with E-state index in [4.69, 9.17) is 4.52 Å². The molecule has 0 spiro atoms. The van der Waals surface area contributed by atoms with Gasteiger partial charge in [0.15, 0.2) is 17.4 Å². The Morgan fingerprint density at radius 1 is 1.00 bits per heavy atom. The van der Waals surface area contributed by atoms with Crippen LogP contribution in [0.3, 0.4) is 0 Å². The van der Waals surface area contributed by atoms with E-state index in [1.165, 1.54) is 18.2 Å². The van der Waals surface area contributed by atoms with Crippen LogP contribution in [0.1, 0.15) is 18.5 Å². The summed E-state index contributed by atoms with van der Waals surface area (Å²) in [7, 11) is 0. The standard InChI is InChI=1S/C19H13F3N2O2/c20-13-4-2-1-3-12(13)16-10-17(24-26-16)19(7-8-19)18(25)23-11-5-6-14(21)15(22)9-11/h1-6,9-10H,7-8H2,(H,23,25). The smallest absolute Gasteiger partial charge is 0.236 e. The van der Waals surface area contributed by atoms with E-state index in [1.807, 2.05) is 0 Å². The SMILES string of the molecule is O=C(Nc1ccc(F)c(F)c1)C1(c2cc(-c3ccccc3F)on2)CC1. The molecular formula is C19H13F3N2O2. The number of rotatable bonds is 4. The lowest BCUT2D eigenvalue weighted by molar-refractivity contribution is -0.118. The molecule has 2 aromatic carbocycles. The van der Waals surface area contributed by atoms with E-state index in [-0.39, 0.29) is 17.0 Å².